The molecule has 1 unspecified atom stereocenters. The molecule has 13 heavy (non-hydrogen) atoms. The molecule has 1 atom stereocenters. The Bertz CT molecular complexity index is 155. The number of carbonyl (C=O) groups is 1. The molecule has 0 saturated carbocycles. The number of nitrogens with one attached hydrogen (secondary N) is 2. The molecule has 76 valence electrons. The Morgan fingerprint density at radius 3 is 3.00 bits per heavy atom. The minimum atomic E-state index is 0.0536. The van der Waals surface area contributed by atoms with Gasteiger partial charge >= 0.3 is 0 Å². The molecule has 0 radical (unpaired) electrons. The van der Waals surface area contributed by atoms with Crippen molar-refractivity contribution >= 4 is 5.91 Å². The molecule has 1 amide bonds. The average molecular weight is 185 g/mol. The zero-order valence-electron chi connectivity index (χ0n) is 8.01. The largest absolute Gasteiger partial charge is 0.355 e. The molecule has 1 aliphatic rings. The van der Waals surface area contributed by atoms with Crippen LogP contribution >= 0.6 is 0 Å². The zero-order valence-corrected chi connectivity index (χ0v) is 8.01. The number of hydrogen-bond donors (Lipinski definition) is 3. The Hall–Kier alpha value is -0.610. The van der Waals surface area contributed by atoms with Crippen LogP contribution in [0.25, 0.3) is 0 Å². The minimum Gasteiger partial charge on any atom is -0.355 e. The fourth-order valence-corrected chi connectivity index (χ4v) is 1.51. The van der Waals surface area contributed by atoms with Gasteiger partial charge in [-0.25, -0.2) is 0 Å². The third kappa shape index (κ3) is 3.74. The maximum Gasteiger partial charge on any atom is 0.237 e. The van der Waals surface area contributed by atoms with E-state index in [-0.39, 0.29) is 11.9 Å². The van der Waals surface area contributed by atoms with Crippen molar-refractivity contribution in [3.63, 3.8) is 0 Å². The van der Waals surface area contributed by atoms with Gasteiger partial charge < -0.3 is 16.4 Å². The fraction of sp³-hybridized carbons (Fsp3) is 0.889. The lowest BCUT2D eigenvalue weighted by Gasteiger charge is -2.10. The van der Waals surface area contributed by atoms with Crippen molar-refractivity contribution in [2.24, 2.45) is 5.73 Å². The molecule has 1 rings (SSSR count). The lowest BCUT2D eigenvalue weighted by Crippen LogP contribution is -2.40. The van der Waals surface area contributed by atoms with Gasteiger partial charge in [0.25, 0.3) is 0 Å². The molecule has 1 saturated heterocycles. The van der Waals surface area contributed by atoms with E-state index in [0.29, 0.717) is 6.54 Å². The van der Waals surface area contributed by atoms with E-state index in [1.807, 2.05) is 0 Å². The van der Waals surface area contributed by atoms with Crippen molar-refractivity contribution in [1.82, 2.24) is 10.6 Å². The summed E-state index contributed by atoms with van der Waals surface area (Å²) < 4.78 is 0. The van der Waals surface area contributed by atoms with E-state index < -0.39 is 0 Å². The van der Waals surface area contributed by atoms with Gasteiger partial charge in [-0.05, 0) is 38.8 Å². The molecule has 4 N–H and O–H groups in total. The average Bonchev–Trinajstić information content (AvgIpc) is 2.65. The third-order valence-electron chi connectivity index (χ3n) is 2.31. The molecule has 4 nitrogen and oxygen atoms in total. The van der Waals surface area contributed by atoms with Gasteiger partial charge in [0.15, 0.2) is 0 Å². The molecule has 0 aliphatic carbocycles. The third-order valence-corrected chi connectivity index (χ3v) is 2.31. The lowest BCUT2D eigenvalue weighted by molar-refractivity contribution is -0.122. The SMILES string of the molecule is NCCCCNC(=O)C1CCCN1. The van der Waals surface area contributed by atoms with Gasteiger partial charge in [0.05, 0.1) is 6.04 Å². The maximum atomic E-state index is 11.4. The van der Waals surface area contributed by atoms with E-state index in [2.05, 4.69) is 10.6 Å². The quantitative estimate of drug-likeness (QED) is 0.510. The van der Waals surface area contributed by atoms with Crippen LogP contribution in [0.15, 0.2) is 0 Å². The smallest absolute Gasteiger partial charge is 0.237 e. The van der Waals surface area contributed by atoms with E-state index in [1.54, 1.807) is 0 Å². The summed E-state index contributed by atoms with van der Waals surface area (Å²) in [5.74, 6) is 0.148. The molecule has 0 aromatic rings. The Morgan fingerprint density at radius 1 is 1.54 bits per heavy atom. The normalized spacial score (nSPS) is 21.8. The van der Waals surface area contributed by atoms with Gasteiger partial charge in [-0.3, -0.25) is 4.79 Å². The Kier molecular flexibility index (Phi) is 4.78. The summed E-state index contributed by atoms with van der Waals surface area (Å²) in [5, 5.41) is 6.06. The molecule has 4 heteroatoms. The summed E-state index contributed by atoms with van der Waals surface area (Å²) in [6, 6.07) is 0.0536. The van der Waals surface area contributed by atoms with Crippen molar-refractivity contribution in [3.05, 3.63) is 0 Å². The van der Waals surface area contributed by atoms with Crippen LogP contribution < -0.4 is 16.4 Å². The van der Waals surface area contributed by atoms with Crippen LogP contribution in [0.5, 0.6) is 0 Å². The minimum absolute atomic E-state index is 0.0536. The van der Waals surface area contributed by atoms with Gasteiger partial charge in [-0.1, -0.05) is 0 Å². The standard InChI is InChI=1S/C9H19N3O/c10-5-1-2-6-12-9(13)8-4-3-7-11-8/h8,11H,1-7,10H2,(H,12,13). The number of carbonyl (C=O) groups excluding carboxylic acids is 1. The number of unbranched alkanes of at least 4 members (excludes halogenated alkanes) is 1. The van der Waals surface area contributed by atoms with Crippen molar-refractivity contribution in [2.75, 3.05) is 19.6 Å². The van der Waals surface area contributed by atoms with Crippen molar-refractivity contribution in [1.29, 1.82) is 0 Å². The fourth-order valence-electron chi connectivity index (χ4n) is 1.51. The van der Waals surface area contributed by atoms with Gasteiger partial charge in [-0.2, -0.15) is 0 Å². The Balaban J connectivity index is 2.03. The second-order valence-corrected chi connectivity index (χ2v) is 3.44. The summed E-state index contributed by atoms with van der Waals surface area (Å²) in [6.07, 6.45) is 4.05. The number of amides is 1. The first-order valence-corrected chi connectivity index (χ1v) is 5.06. The van der Waals surface area contributed by atoms with Crippen LogP contribution in [0.2, 0.25) is 0 Å². The highest BCUT2D eigenvalue weighted by atomic mass is 16.2. The van der Waals surface area contributed by atoms with Crippen LogP contribution in [0, 0.1) is 0 Å². The van der Waals surface area contributed by atoms with E-state index in [9.17, 15) is 4.79 Å². The summed E-state index contributed by atoms with van der Waals surface area (Å²) in [4.78, 5) is 11.4. The van der Waals surface area contributed by atoms with Gasteiger partial charge in [0.2, 0.25) is 5.91 Å². The first-order valence-electron chi connectivity index (χ1n) is 5.06. The second kappa shape index (κ2) is 5.94. The van der Waals surface area contributed by atoms with E-state index in [0.717, 1.165) is 38.8 Å². The van der Waals surface area contributed by atoms with E-state index in [4.69, 9.17) is 5.73 Å². The lowest BCUT2D eigenvalue weighted by atomic mass is 10.2. The number of hydrogen-bond acceptors (Lipinski definition) is 3. The first-order chi connectivity index (χ1) is 6.34. The van der Waals surface area contributed by atoms with Gasteiger partial charge in [0.1, 0.15) is 0 Å². The predicted octanol–water partition coefficient (Wildman–Crippen LogP) is -0.406. The van der Waals surface area contributed by atoms with Crippen LogP contribution in [-0.4, -0.2) is 31.6 Å². The van der Waals surface area contributed by atoms with Crippen molar-refractivity contribution in [3.8, 4) is 0 Å². The van der Waals surface area contributed by atoms with Crippen LogP contribution in [-0.2, 0) is 4.79 Å². The summed E-state index contributed by atoms with van der Waals surface area (Å²) >= 11 is 0. The first kappa shape index (κ1) is 10.5. The monoisotopic (exact) mass is 185 g/mol. The summed E-state index contributed by atoms with van der Waals surface area (Å²) in [7, 11) is 0. The number of rotatable bonds is 5. The van der Waals surface area contributed by atoms with Crippen LogP contribution in [0.4, 0.5) is 0 Å². The van der Waals surface area contributed by atoms with E-state index in [1.165, 1.54) is 0 Å². The van der Waals surface area contributed by atoms with Crippen molar-refractivity contribution in [2.45, 2.75) is 31.7 Å². The maximum absolute atomic E-state index is 11.4. The van der Waals surface area contributed by atoms with Crippen molar-refractivity contribution < 1.29 is 4.79 Å². The Labute approximate surface area is 79.3 Å². The second-order valence-electron chi connectivity index (χ2n) is 3.44. The highest BCUT2D eigenvalue weighted by Gasteiger charge is 2.20. The summed E-state index contributed by atoms with van der Waals surface area (Å²) in [5.41, 5.74) is 5.34. The molecule has 1 heterocycles. The zero-order chi connectivity index (χ0) is 9.52. The molecule has 0 aromatic heterocycles. The number of nitrogens with two attached hydrogens (primary N) is 1. The van der Waals surface area contributed by atoms with E-state index >= 15 is 0 Å². The van der Waals surface area contributed by atoms with Crippen LogP contribution in [0.1, 0.15) is 25.7 Å². The molecule has 0 spiro atoms. The van der Waals surface area contributed by atoms with Gasteiger partial charge in [-0.15, -0.1) is 0 Å². The highest BCUT2D eigenvalue weighted by Crippen LogP contribution is 2.04. The summed E-state index contributed by atoms with van der Waals surface area (Å²) in [6.45, 7) is 2.44. The Morgan fingerprint density at radius 2 is 2.38 bits per heavy atom. The molecular formula is C9H19N3O. The van der Waals surface area contributed by atoms with Crippen LogP contribution in [0.3, 0.4) is 0 Å². The molecular weight excluding hydrogens is 166 g/mol. The molecule has 0 aromatic carbocycles. The van der Waals surface area contributed by atoms with Gasteiger partial charge in [0, 0.05) is 6.54 Å². The predicted molar refractivity (Wildman–Crippen MR) is 52.3 cm³/mol. The molecule has 1 aliphatic heterocycles. The molecule has 1 fully saturated rings. The highest BCUT2D eigenvalue weighted by molar-refractivity contribution is 5.81. The topological polar surface area (TPSA) is 67.1 Å². The molecule has 0 bridgehead atoms.